The molecule has 4 atom stereocenters. The van der Waals surface area contributed by atoms with Gasteiger partial charge in [0.25, 0.3) is 0 Å². The molecule has 0 aromatic carbocycles. The molecule has 4 unspecified atom stereocenters. The Morgan fingerprint density at radius 2 is 2.15 bits per heavy atom. The van der Waals surface area contributed by atoms with Gasteiger partial charge in [0, 0.05) is 22.8 Å². The quantitative estimate of drug-likeness (QED) is 0.896. The summed E-state index contributed by atoms with van der Waals surface area (Å²) in [6, 6.07) is 2.15. The lowest BCUT2D eigenvalue weighted by Gasteiger charge is -2.12. The van der Waals surface area contributed by atoms with Gasteiger partial charge in [-0.25, -0.2) is 0 Å². The molecule has 0 saturated heterocycles. The third-order valence-electron chi connectivity index (χ3n) is 4.49. The van der Waals surface area contributed by atoms with E-state index in [1.807, 2.05) is 0 Å². The van der Waals surface area contributed by atoms with Crippen molar-refractivity contribution in [1.82, 2.24) is 5.32 Å². The summed E-state index contributed by atoms with van der Waals surface area (Å²) in [6.45, 7) is 2.09. The van der Waals surface area contributed by atoms with Crippen molar-refractivity contribution < 1.29 is 14.7 Å². The first-order valence-electron chi connectivity index (χ1n) is 7.13. The van der Waals surface area contributed by atoms with Crippen LogP contribution in [0.15, 0.2) is 11.4 Å². The molecule has 0 radical (unpaired) electrons. The summed E-state index contributed by atoms with van der Waals surface area (Å²) in [7, 11) is 0. The predicted octanol–water partition coefficient (Wildman–Crippen LogP) is 2.53. The molecule has 1 aromatic rings. The third-order valence-corrected chi connectivity index (χ3v) is 5.64. The lowest BCUT2D eigenvalue weighted by Crippen LogP contribution is -2.34. The highest BCUT2D eigenvalue weighted by molar-refractivity contribution is 7.10. The number of amides is 1. The maximum atomic E-state index is 12.2. The fourth-order valence-corrected chi connectivity index (χ4v) is 4.29. The van der Waals surface area contributed by atoms with Gasteiger partial charge < -0.3 is 10.4 Å². The first kappa shape index (κ1) is 13.6. The standard InChI is InChI=1S/C15H19NO3S/c1-8-4-5-20-13(8)11-7-12(11)14(17)16-10-3-2-9(6-10)15(18)19/h4-5,9-12H,2-3,6-7H2,1H3,(H,16,17)(H,18,19). The molecule has 5 heteroatoms. The van der Waals surface area contributed by atoms with Crippen LogP contribution >= 0.6 is 11.3 Å². The van der Waals surface area contributed by atoms with E-state index in [0.29, 0.717) is 18.8 Å². The van der Waals surface area contributed by atoms with Gasteiger partial charge in [-0.05, 0) is 49.6 Å². The summed E-state index contributed by atoms with van der Waals surface area (Å²) in [5.74, 6) is -0.433. The average Bonchev–Trinajstić information content (AvgIpc) is 2.84. The van der Waals surface area contributed by atoms with Crippen molar-refractivity contribution in [2.45, 2.75) is 44.6 Å². The van der Waals surface area contributed by atoms with Crippen molar-refractivity contribution in [3.8, 4) is 0 Å². The van der Waals surface area contributed by atoms with Gasteiger partial charge in [-0.2, -0.15) is 0 Å². The normalized spacial score (nSPS) is 32.0. The van der Waals surface area contributed by atoms with Crippen molar-refractivity contribution in [2.75, 3.05) is 0 Å². The van der Waals surface area contributed by atoms with Crippen LogP contribution in [-0.4, -0.2) is 23.0 Å². The molecule has 0 bridgehead atoms. The number of carboxylic acid groups (broad SMARTS) is 1. The Kier molecular flexibility index (Phi) is 3.54. The monoisotopic (exact) mass is 293 g/mol. The minimum atomic E-state index is -0.736. The number of carbonyl (C=O) groups excluding carboxylic acids is 1. The molecular weight excluding hydrogens is 274 g/mol. The minimum absolute atomic E-state index is 0.0503. The van der Waals surface area contributed by atoms with E-state index in [1.54, 1.807) is 11.3 Å². The van der Waals surface area contributed by atoms with Gasteiger partial charge in [0.15, 0.2) is 0 Å². The number of carboxylic acids is 1. The van der Waals surface area contributed by atoms with E-state index in [9.17, 15) is 9.59 Å². The molecule has 0 aliphatic heterocycles. The second-order valence-electron chi connectivity index (χ2n) is 5.97. The minimum Gasteiger partial charge on any atom is -0.481 e. The molecule has 1 amide bonds. The van der Waals surface area contributed by atoms with E-state index in [4.69, 9.17) is 5.11 Å². The second-order valence-corrected chi connectivity index (χ2v) is 6.92. The predicted molar refractivity (Wildman–Crippen MR) is 76.8 cm³/mol. The Balaban J connectivity index is 1.52. The highest BCUT2D eigenvalue weighted by atomic mass is 32.1. The maximum Gasteiger partial charge on any atom is 0.306 e. The van der Waals surface area contributed by atoms with Crippen molar-refractivity contribution >= 4 is 23.2 Å². The number of aryl methyl sites for hydroxylation is 1. The fraction of sp³-hybridized carbons (Fsp3) is 0.600. The molecule has 3 rings (SSSR count). The number of hydrogen-bond acceptors (Lipinski definition) is 3. The van der Waals surface area contributed by atoms with E-state index in [0.717, 1.165) is 12.8 Å². The van der Waals surface area contributed by atoms with E-state index < -0.39 is 5.97 Å². The average molecular weight is 293 g/mol. The van der Waals surface area contributed by atoms with E-state index in [1.165, 1.54) is 10.4 Å². The Morgan fingerprint density at radius 3 is 2.75 bits per heavy atom. The van der Waals surface area contributed by atoms with Crippen LogP contribution in [0.5, 0.6) is 0 Å². The Labute approximate surface area is 122 Å². The zero-order valence-electron chi connectivity index (χ0n) is 11.5. The molecule has 20 heavy (non-hydrogen) atoms. The van der Waals surface area contributed by atoms with Gasteiger partial charge in [0.1, 0.15) is 0 Å². The molecule has 2 saturated carbocycles. The molecule has 2 fully saturated rings. The zero-order chi connectivity index (χ0) is 14.3. The Hall–Kier alpha value is -1.36. The third kappa shape index (κ3) is 2.59. The Bertz CT molecular complexity index is 539. The molecule has 1 heterocycles. The van der Waals surface area contributed by atoms with Gasteiger partial charge in [-0.3, -0.25) is 9.59 Å². The lowest BCUT2D eigenvalue weighted by molar-refractivity contribution is -0.141. The number of aliphatic carboxylic acids is 1. The van der Waals surface area contributed by atoms with Crippen LogP contribution in [0.4, 0.5) is 0 Å². The number of thiophene rings is 1. The molecule has 2 N–H and O–H groups in total. The molecule has 4 nitrogen and oxygen atoms in total. The van der Waals surface area contributed by atoms with Crippen molar-refractivity contribution in [1.29, 1.82) is 0 Å². The fourth-order valence-electron chi connectivity index (χ4n) is 3.18. The van der Waals surface area contributed by atoms with Crippen molar-refractivity contribution in [2.24, 2.45) is 11.8 Å². The number of hydrogen-bond donors (Lipinski definition) is 2. The summed E-state index contributed by atoms with van der Waals surface area (Å²) in [6.07, 6.45) is 2.98. The van der Waals surface area contributed by atoms with Crippen LogP contribution in [0, 0.1) is 18.8 Å². The summed E-state index contributed by atoms with van der Waals surface area (Å²) in [5.41, 5.74) is 1.28. The molecule has 0 spiro atoms. The Morgan fingerprint density at radius 1 is 1.35 bits per heavy atom. The number of carbonyl (C=O) groups is 2. The first-order chi connectivity index (χ1) is 9.56. The zero-order valence-corrected chi connectivity index (χ0v) is 12.3. The second kappa shape index (κ2) is 5.20. The molecule has 2 aliphatic rings. The highest BCUT2D eigenvalue weighted by Crippen LogP contribution is 2.50. The van der Waals surface area contributed by atoms with E-state index >= 15 is 0 Å². The summed E-state index contributed by atoms with van der Waals surface area (Å²) < 4.78 is 0. The van der Waals surface area contributed by atoms with Crippen LogP contribution in [0.1, 0.15) is 42.0 Å². The van der Waals surface area contributed by atoms with Gasteiger partial charge in [0.2, 0.25) is 5.91 Å². The van der Waals surface area contributed by atoms with E-state index in [2.05, 4.69) is 23.7 Å². The van der Waals surface area contributed by atoms with Gasteiger partial charge in [-0.15, -0.1) is 11.3 Å². The summed E-state index contributed by atoms with van der Waals surface area (Å²) in [5, 5.41) is 14.1. The lowest BCUT2D eigenvalue weighted by atomic mass is 10.1. The molecule has 1 aromatic heterocycles. The van der Waals surface area contributed by atoms with Crippen LogP contribution in [0.25, 0.3) is 0 Å². The van der Waals surface area contributed by atoms with Crippen molar-refractivity contribution in [3.05, 3.63) is 21.9 Å². The van der Waals surface area contributed by atoms with Crippen LogP contribution in [-0.2, 0) is 9.59 Å². The highest BCUT2D eigenvalue weighted by Gasteiger charge is 2.46. The number of nitrogens with one attached hydrogen (secondary N) is 1. The van der Waals surface area contributed by atoms with Gasteiger partial charge in [-0.1, -0.05) is 0 Å². The van der Waals surface area contributed by atoms with Gasteiger partial charge >= 0.3 is 5.97 Å². The van der Waals surface area contributed by atoms with Crippen LogP contribution in [0.2, 0.25) is 0 Å². The molecule has 108 valence electrons. The first-order valence-corrected chi connectivity index (χ1v) is 8.01. The SMILES string of the molecule is Cc1ccsc1C1CC1C(=O)NC1CCC(C(=O)O)C1. The van der Waals surface area contributed by atoms with Crippen molar-refractivity contribution in [3.63, 3.8) is 0 Å². The molecule has 2 aliphatic carbocycles. The van der Waals surface area contributed by atoms with Crippen LogP contribution in [0.3, 0.4) is 0 Å². The topological polar surface area (TPSA) is 66.4 Å². The largest absolute Gasteiger partial charge is 0.481 e. The van der Waals surface area contributed by atoms with Gasteiger partial charge in [0.05, 0.1) is 5.92 Å². The summed E-state index contributed by atoms with van der Waals surface area (Å²) >= 11 is 1.73. The maximum absolute atomic E-state index is 12.2. The van der Waals surface area contributed by atoms with E-state index in [-0.39, 0.29) is 23.8 Å². The molecular formula is C15H19NO3S. The smallest absolute Gasteiger partial charge is 0.306 e. The number of rotatable bonds is 4. The summed E-state index contributed by atoms with van der Waals surface area (Å²) in [4.78, 5) is 24.4. The van der Waals surface area contributed by atoms with Crippen LogP contribution < -0.4 is 5.32 Å².